The Bertz CT molecular complexity index is 871. The summed E-state index contributed by atoms with van der Waals surface area (Å²) in [6, 6.07) is 16.0. The number of nitrogens with one attached hydrogen (secondary N) is 1. The van der Waals surface area contributed by atoms with Crippen molar-refractivity contribution < 1.29 is 9.21 Å². The van der Waals surface area contributed by atoms with E-state index in [0.29, 0.717) is 21.5 Å². The van der Waals surface area contributed by atoms with E-state index in [-0.39, 0.29) is 11.7 Å². The van der Waals surface area contributed by atoms with Crippen molar-refractivity contribution in [1.29, 1.82) is 0 Å². The number of rotatable bonds is 3. The molecule has 0 saturated heterocycles. The Morgan fingerprint density at radius 3 is 2.48 bits per heavy atom. The molecule has 0 aliphatic rings. The van der Waals surface area contributed by atoms with Crippen LogP contribution in [0.25, 0.3) is 11.3 Å². The second kappa shape index (κ2) is 6.49. The van der Waals surface area contributed by atoms with Crippen LogP contribution in [0.1, 0.15) is 16.1 Å². The van der Waals surface area contributed by atoms with Gasteiger partial charge in [-0.15, -0.1) is 0 Å². The highest BCUT2D eigenvalue weighted by molar-refractivity contribution is 6.33. The summed E-state index contributed by atoms with van der Waals surface area (Å²) in [4.78, 5) is 12.3. The molecule has 116 valence electrons. The Morgan fingerprint density at radius 1 is 0.957 bits per heavy atom. The van der Waals surface area contributed by atoms with Gasteiger partial charge in [0.2, 0.25) is 0 Å². The van der Waals surface area contributed by atoms with Crippen molar-refractivity contribution in [2.24, 2.45) is 0 Å². The molecule has 5 heteroatoms. The summed E-state index contributed by atoms with van der Waals surface area (Å²) >= 11 is 12.2. The van der Waals surface area contributed by atoms with E-state index in [9.17, 15) is 4.79 Å². The van der Waals surface area contributed by atoms with Crippen LogP contribution in [0.5, 0.6) is 0 Å². The molecule has 2 aromatic carbocycles. The van der Waals surface area contributed by atoms with Gasteiger partial charge in [0, 0.05) is 16.3 Å². The minimum absolute atomic E-state index is 0.208. The van der Waals surface area contributed by atoms with Gasteiger partial charge in [-0.05, 0) is 48.9 Å². The van der Waals surface area contributed by atoms with Crippen molar-refractivity contribution in [2.75, 3.05) is 5.32 Å². The lowest BCUT2D eigenvalue weighted by Crippen LogP contribution is -2.11. The van der Waals surface area contributed by atoms with Crippen LogP contribution in [-0.4, -0.2) is 5.91 Å². The Morgan fingerprint density at radius 2 is 1.70 bits per heavy atom. The lowest BCUT2D eigenvalue weighted by Gasteiger charge is -2.08. The smallest absolute Gasteiger partial charge is 0.291 e. The zero-order chi connectivity index (χ0) is 16.4. The molecule has 1 aromatic heterocycles. The fourth-order valence-electron chi connectivity index (χ4n) is 2.19. The molecule has 3 rings (SSSR count). The number of furan rings is 1. The first kappa shape index (κ1) is 15.7. The van der Waals surface area contributed by atoms with E-state index in [1.54, 1.807) is 36.4 Å². The molecule has 0 atom stereocenters. The highest BCUT2D eigenvalue weighted by Crippen LogP contribution is 2.29. The molecule has 3 aromatic rings. The second-order valence-electron chi connectivity index (χ2n) is 5.01. The molecule has 0 bridgehead atoms. The summed E-state index contributed by atoms with van der Waals surface area (Å²) < 4.78 is 5.63. The average molecular weight is 346 g/mol. The number of hydrogen-bond acceptors (Lipinski definition) is 2. The molecular formula is C18H13Cl2NO2. The lowest BCUT2D eigenvalue weighted by molar-refractivity contribution is 0.0997. The highest BCUT2D eigenvalue weighted by atomic mass is 35.5. The van der Waals surface area contributed by atoms with Gasteiger partial charge < -0.3 is 9.73 Å². The van der Waals surface area contributed by atoms with E-state index < -0.39 is 0 Å². The Hall–Kier alpha value is -2.23. The van der Waals surface area contributed by atoms with Gasteiger partial charge >= 0.3 is 0 Å². The van der Waals surface area contributed by atoms with Gasteiger partial charge in [-0.2, -0.15) is 0 Å². The van der Waals surface area contributed by atoms with Gasteiger partial charge in [0.1, 0.15) is 5.76 Å². The fraction of sp³-hybridized carbons (Fsp3) is 0.0556. The van der Waals surface area contributed by atoms with Gasteiger partial charge in [-0.3, -0.25) is 4.79 Å². The van der Waals surface area contributed by atoms with Crippen LogP contribution >= 0.6 is 23.2 Å². The van der Waals surface area contributed by atoms with Gasteiger partial charge in [-0.1, -0.05) is 41.4 Å². The first-order chi connectivity index (χ1) is 11.1. The standard InChI is InChI=1S/C18H13Cl2NO2/c1-11-13(19)7-4-8-15(11)21-18(22)17-10-9-16(23-17)12-5-2-3-6-14(12)20/h2-10H,1H3,(H,21,22). The Labute approximate surface area is 143 Å². The van der Waals surface area contributed by atoms with Crippen molar-refractivity contribution in [3.63, 3.8) is 0 Å². The summed E-state index contributed by atoms with van der Waals surface area (Å²) in [7, 11) is 0. The van der Waals surface area contributed by atoms with Crippen molar-refractivity contribution in [1.82, 2.24) is 0 Å². The van der Waals surface area contributed by atoms with E-state index in [2.05, 4.69) is 5.32 Å². The lowest BCUT2D eigenvalue weighted by atomic mass is 10.2. The molecule has 0 saturated carbocycles. The average Bonchev–Trinajstić information content (AvgIpc) is 3.02. The van der Waals surface area contributed by atoms with Crippen LogP contribution in [0.3, 0.4) is 0 Å². The first-order valence-corrected chi connectivity index (χ1v) is 7.73. The zero-order valence-corrected chi connectivity index (χ0v) is 13.8. The number of carbonyl (C=O) groups is 1. The Kier molecular flexibility index (Phi) is 4.42. The highest BCUT2D eigenvalue weighted by Gasteiger charge is 2.15. The molecular weight excluding hydrogens is 333 g/mol. The number of anilines is 1. The number of amides is 1. The maximum Gasteiger partial charge on any atom is 0.291 e. The molecule has 0 aliphatic carbocycles. The van der Waals surface area contributed by atoms with E-state index in [4.69, 9.17) is 27.6 Å². The number of halogens is 2. The zero-order valence-electron chi connectivity index (χ0n) is 12.3. The SMILES string of the molecule is Cc1c(Cl)cccc1NC(=O)c1ccc(-c2ccccc2Cl)o1. The van der Waals surface area contributed by atoms with Crippen molar-refractivity contribution >= 4 is 34.8 Å². The van der Waals surface area contributed by atoms with E-state index in [1.165, 1.54) is 0 Å². The largest absolute Gasteiger partial charge is 0.451 e. The molecule has 3 nitrogen and oxygen atoms in total. The number of carbonyl (C=O) groups excluding carboxylic acids is 1. The quantitative estimate of drug-likeness (QED) is 0.650. The minimum atomic E-state index is -0.339. The van der Waals surface area contributed by atoms with E-state index in [0.717, 1.165) is 11.1 Å². The van der Waals surface area contributed by atoms with Gasteiger partial charge in [0.25, 0.3) is 5.91 Å². The number of benzene rings is 2. The maximum absolute atomic E-state index is 12.3. The third-order valence-electron chi connectivity index (χ3n) is 3.48. The summed E-state index contributed by atoms with van der Waals surface area (Å²) in [5.74, 6) is 0.413. The Balaban J connectivity index is 1.84. The third kappa shape index (κ3) is 3.26. The van der Waals surface area contributed by atoms with Crippen LogP contribution in [0.4, 0.5) is 5.69 Å². The van der Waals surface area contributed by atoms with E-state index >= 15 is 0 Å². The van der Waals surface area contributed by atoms with Crippen molar-refractivity contribution in [3.8, 4) is 11.3 Å². The van der Waals surface area contributed by atoms with Gasteiger partial charge in [-0.25, -0.2) is 0 Å². The first-order valence-electron chi connectivity index (χ1n) is 6.97. The molecule has 23 heavy (non-hydrogen) atoms. The fourth-order valence-corrected chi connectivity index (χ4v) is 2.60. The van der Waals surface area contributed by atoms with Crippen LogP contribution in [-0.2, 0) is 0 Å². The maximum atomic E-state index is 12.3. The van der Waals surface area contributed by atoms with Gasteiger partial charge in [0.05, 0.1) is 5.02 Å². The van der Waals surface area contributed by atoms with Crippen LogP contribution in [0.2, 0.25) is 10.0 Å². The summed E-state index contributed by atoms with van der Waals surface area (Å²) in [6.07, 6.45) is 0. The molecule has 0 fully saturated rings. The number of hydrogen-bond donors (Lipinski definition) is 1. The van der Waals surface area contributed by atoms with Crippen LogP contribution < -0.4 is 5.32 Å². The minimum Gasteiger partial charge on any atom is -0.451 e. The molecule has 0 unspecified atom stereocenters. The van der Waals surface area contributed by atoms with E-state index in [1.807, 2.05) is 25.1 Å². The predicted octanol–water partition coefficient (Wildman–Crippen LogP) is 5.81. The monoisotopic (exact) mass is 345 g/mol. The van der Waals surface area contributed by atoms with Crippen LogP contribution in [0.15, 0.2) is 59.0 Å². The molecule has 0 aliphatic heterocycles. The summed E-state index contributed by atoms with van der Waals surface area (Å²) in [5, 5.41) is 3.96. The molecule has 0 radical (unpaired) electrons. The molecule has 1 amide bonds. The molecule has 0 spiro atoms. The molecule has 1 N–H and O–H groups in total. The van der Waals surface area contributed by atoms with Crippen molar-refractivity contribution in [3.05, 3.63) is 76.0 Å². The summed E-state index contributed by atoms with van der Waals surface area (Å²) in [5.41, 5.74) is 2.20. The summed E-state index contributed by atoms with van der Waals surface area (Å²) in [6.45, 7) is 1.84. The topological polar surface area (TPSA) is 42.2 Å². The predicted molar refractivity (Wildman–Crippen MR) is 93.3 cm³/mol. The second-order valence-corrected chi connectivity index (χ2v) is 5.82. The van der Waals surface area contributed by atoms with Crippen LogP contribution in [0, 0.1) is 6.92 Å². The third-order valence-corrected chi connectivity index (χ3v) is 4.22. The normalized spacial score (nSPS) is 10.6. The molecule has 1 heterocycles. The van der Waals surface area contributed by atoms with Crippen molar-refractivity contribution in [2.45, 2.75) is 6.92 Å². The van der Waals surface area contributed by atoms with Gasteiger partial charge in [0.15, 0.2) is 5.76 Å².